The molecule has 2 N–H and O–H groups in total. The van der Waals surface area contributed by atoms with Gasteiger partial charge in [-0.1, -0.05) is 46.4 Å². The first-order valence-electron chi connectivity index (χ1n) is 8.43. The Kier molecular flexibility index (Phi) is 6.61. The molecule has 0 atom stereocenters. The molecular formula is C16H16Cl4N8O2. The minimum absolute atomic E-state index is 0.0203. The molecule has 3 rings (SSSR count). The van der Waals surface area contributed by atoms with E-state index in [2.05, 4.69) is 25.9 Å². The largest absolute Gasteiger partial charge is 0.346 e. The summed E-state index contributed by atoms with van der Waals surface area (Å²) in [6, 6.07) is 0. The average molecular weight is 494 g/mol. The lowest BCUT2D eigenvalue weighted by Crippen LogP contribution is -2.30. The normalized spacial score (nSPS) is 11.0. The molecule has 0 aliphatic carbocycles. The van der Waals surface area contributed by atoms with Crippen LogP contribution in [0.25, 0.3) is 0 Å². The molecule has 0 aliphatic rings. The van der Waals surface area contributed by atoms with Gasteiger partial charge in [0.15, 0.2) is 0 Å². The first-order chi connectivity index (χ1) is 14.1. The molecule has 3 aromatic rings. The highest BCUT2D eigenvalue weighted by Gasteiger charge is 2.23. The number of carbonyl (C=O) groups is 2. The number of aryl methyl sites for hydroxylation is 3. The predicted molar refractivity (Wildman–Crippen MR) is 112 cm³/mol. The van der Waals surface area contributed by atoms with Gasteiger partial charge >= 0.3 is 0 Å². The summed E-state index contributed by atoms with van der Waals surface area (Å²) in [7, 11) is 4.81. The molecule has 160 valence electrons. The minimum atomic E-state index is -0.531. The van der Waals surface area contributed by atoms with Gasteiger partial charge in [-0.05, 0) is 0 Å². The van der Waals surface area contributed by atoms with Gasteiger partial charge in [-0.15, -0.1) is 0 Å². The molecule has 0 saturated heterocycles. The van der Waals surface area contributed by atoms with E-state index in [1.807, 2.05) is 0 Å². The van der Waals surface area contributed by atoms with Crippen LogP contribution in [0.5, 0.6) is 0 Å². The van der Waals surface area contributed by atoms with Crippen molar-refractivity contribution in [2.24, 2.45) is 21.1 Å². The lowest BCUT2D eigenvalue weighted by atomic mass is 10.2. The number of nitrogens with zero attached hydrogens (tertiary/aromatic N) is 6. The van der Waals surface area contributed by atoms with E-state index in [0.717, 1.165) is 0 Å². The number of rotatable bonds is 6. The van der Waals surface area contributed by atoms with E-state index in [0.29, 0.717) is 11.4 Å². The second kappa shape index (κ2) is 8.84. The van der Waals surface area contributed by atoms with Gasteiger partial charge in [-0.2, -0.15) is 15.3 Å². The molecule has 0 saturated carbocycles. The van der Waals surface area contributed by atoms with Gasteiger partial charge in [0.2, 0.25) is 0 Å². The molecule has 3 heterocycles. The number of amides is 2. The molecule has 0 bridgehead atoms. The summed E-state index contributed by atoms with van der Waals surface area (Å²) in [6.45, 7) is 0.0444. The van der Waals surface area contributed by atoms with Crippen LogP contribution in [-0.4, -0.2) is 41.2 Å². The Balaban J connectivity index is 1.71. The third kappa shape index (κ3) is 4.27. The Morgan fingerprint density at radius 2 is 1.30 bits per heavy atom. The molecular weight excluding hydrogens is 478 g/mol. The number of aromatic nitrogens is 6. The summed E-state index contributed by atoms with van der Waals surface area (Å²) >= 11 is 24.1. The summed E-state index contributed by atoms with van der Waals surface area (Å²) in [5.41, 5.74) is 0.940. The summed E-state index contributed by atoms with van der Waals surface area (Å²) in [6.07, 6.45) is 1.29. The fourth-order valence-corrected chi connectivity index (χ4v) is 3.41. The Bertz CT molecular complexity index is 1130. The third-order valence-electron chi connectivity index (χ3n) is 4.21. The van der Waals surface area contributed by atoms with Crippen molar-refractivity contribution in [3.8, 4) is 0 Å². The zero-order chi connectivity index (χ0) is 22.2. The van der Waals surface area contributed by atoms with Crippen molar-refractivity contribution in [1.29, 1.82) is 0 Å². The van der Waals surface area contributed by atoms with Gasteiger partial charge in [0.25, 0.3) is 11.8 Å². The smallest absolute Gasteiger partial charge is 0.270 e. The van der Waals surface area contributed by atoms with E-state index in [9.17, 15) is 9.59 Å². The number of hydrogen-bond acceptors (Lipinski definition) is 5. The van der Waals surface area contributed by atoms with E-state index in [-0.39, 0.29) is 44.7 Å². The fourth-order valence-electron chi connectivity index (χ4n) is 2.67. The summed E-state index contributed by atoms with van der Waals surface area (Å²) in [4.78, 5) is 25.3. The Hall–Kier alpha value is -2.27. The van der Waals surface area contributed by atoms with Gasteiger partial charge in [0.1, 0.15) is 37.4 Å². The first kappa shape index (κ1) is 22.4. The van der Waals surface area contributed by atoms with E-state index in [4.69, 9.17) is 46.4 Å². The van der Waals surface area contributed by atoms with Crippen LogP contribution in [0.1, 0.15) is 32.2 Å². The highest BCUT2D eigenvalue weighted by Crippen LogP contribution is 2.25. The molecule has 14 heteroatoms. The molecule has 0 fully saturated rings. The Labute approximate surface area is 191 Å². The number of carbonyl (C=O) groups excluding carboxylic acids is 2. The van der Waals surface area contributed by atoms with Crippen LogP contribution in [0.3, 0.4) is 0 Å². The molecule has 0 spiro atoms. The van der Waals surface area contributed by atoms with E-state index >= 15 is 0 Å². The van der Waals surface area contributed by atoms with Gasteiger partial charge in [0, 0.05) is 21.1 Å². The maximum absolute atomic E-state index is 12.7. The van der Waals surface area contributed by atoms with Crippen LogP contribution in [0, 0.1) is 0 Å². The number of hydrogen-bond donors (Lipinski definition) is 2. The SMILES string of the molecule is Cn1nc(CNC(=O)c2cnn(C)c2C(=O)NCc2nn(C)c(Cl)c2Cl)c(Cl)c1Cl. The van der Waals surface area contributed by atoms with Gasteiger partial charge in [0.05, 0.1) is 24.8 Å². The molecule has 0 aromatic carbocycles. The van der Waals surface area contributed by atoms with Gasteiger partial charge in [-0.25, -0.2) is 0 Å². The van der Waals surface area contributed by atoms with Crippen LogP contribution in [0.15, 0.2) is 6.20 Å². The molecule has 10 nitrogen and oxygen atoms in total. The van der Waals surface area contributed by atoms with Crippen LogP contribution in [-0.2, 0) is 34.2 Å². The highest BCUT2D eigenvalue weighted by atomic mass is 35.5. The summed E-state index contributed by atoms with van der Waals surface area (Å²) in [5.74, 6) is -1.05. The number of halogens is 4. The first-order valence-corrected chi connectivity index (χ1v) is 9.95. The lowest BCUT2D eigenvalue weighted by Gasteiger charge is -2.08. The van der Waals surface area contributed by atoms with Crippen LogP contribution < -0.4 is 10.6 Å². The van der Waals surface area contributed by atoms with Crippen molar-refractivity contribution in [3.05, 3.63) is 49.2 Å². The maximum atomic E-state index is 12.7. The standard InChI is InChI=1S/C16H16Cl4N8O2/c1-26-12(16(30)22-6-9-11(18)14(20)28(3)25-9)7(4-23-26)15(29)21-5-8-10(17)13(19)27(2)24-8/h4H,5-6H2,1-3H3,(H,21,29)(H,22,30). The average Bonchev–Trinajstić information content (AvgIpc) is 3.30. The topological polar surface area (TPSA) is 112 Å². The van der Waals surface area contributed by atoms with E-state index in [1.54, 1.807) is 21.1 Å². The molecule has 3 aromatic heterocycles. The second-order valence-electron chi connectivity index (χ2n) is 6.25. The van der Waals surface area contributed by atoms with Crippen molar-refractivity contribution in [1.82, 2.24) is 40.0 Å². The van der Waals surface area contributed by atoms with Crippen molar-refractivity contribution in [2.45, 2.75) is 13.1 Å². The van der Waals surface area contributed by atoms with Crippen molar-refractivity contribution in [3.63, 3.8) is 0 Å². The highest BCUT2D eigenvalue weighted by molar-refractivity contribution is 6.42. The lowest BCUT2D eigenvalue weighted by molar-refractivity contribution is 0.0910. The quantitative estimate of drug-likeness (QED) is 0.547. The molecule has 0 unspecified atom stereocenters. The van der Waals surface area contributed by atoms with Crippen LogP contribution in [0.4, 0.5) is 0 Å². The minimum Gasteiger partial charge on any atom is -0.346 e. The van der Waals surface area contributed by atoms with E-state index < -0.39 is 11.8 Å². The van der Waals surface area contributed by atoms with Crippen molar-refractivity contribution in [2.75, 3.05) is 0 Å². The summed E-state index contributed by atoms with van der Waals surface area (Å²) in [5, 5.41) is 18.6. The fraction of sp³-hybridized carbons (Fsp3) is 0.312. The number of nitrogens with one attached hydrogen (secondary N) is 2. The zero-order valence-corrected chi connectivity index (χ0v) is 19.0. The van der Waals surface area contributed by atoms with Crippen LogP contribution >= 0.6 is 46.4 Å². The van der Waals surface area contributed by atoms with Crippen molar-refractivity contribution >= 4 is 58.2 Å². The summed E-state index contributed by atoms with van der Waals surface area (Å²) < 4.78 is 4.08. The molecule has 0 aliphatic heterocycles. The second-order valence-corrected chi connectivity index (χ2v) is 7.72. The predicted octanol–water partition coefficient (Wildman–Crippen LogP) is 2.36. The zero-order valence-electron chi connectivity index (χ0n) is 16.0. The van der Waals surface area contributed by atoms with Crippen molar-refractivity contribution < 1.29 is 9.59 Å². The monoisotopic (exact) mass is 492 g/mol. The third-order valence-corrected chi connectivity index (χ3v) is 6.06. The molecule has 0 radical (unpaired) electrons. The molecule has 2 amide bonds. The van der Waals surface area contributed by atoms with Gasteiger partial charge < -0.3 is 10.6 Å². The molecule has 30 heavy (non-hydrogen) atoms. The Morgan fingerprint density at radius 1 is 0.833 bits per heavy atom. The van der Waals surface area contributed by atoms with Gasteiger partial charge in [-0.3, -0.25) is 23.6 Å². The Morgan fingerprint density at radius 3 is 1.73 bits per heavy atom. The van der Waals surface area contributed by atoms with E-state index in [1.165, 1.54) is 20.2 Å². The maximum Gasteiger partial charge on any atom is 0.270 e. The van der Waals surface area contributed by atoms with Crippen LogP contribution in [0.2, 0.25) is 20.4 Å².